The maximum absolute atomic E-state index is 13.4. The molecular weight excluding hydrogens is 270 g/mol. The molecule has 0 bridgehead atoms. The van der Waals surface area contributed by atoms with Crippen molar-refractivity contribution in [1.82, 2.24) is 4.98 Å². The topological polar surface area (TPSA) is 38.9 Å². The second kappa shape index (κ2) is 5.23. The fourth-order valence-corrected chi connectivity index (χ4v) is 2.00. The molecule has 0 aliphatic carbocycles. The van der Waals surface area contributed by atoms with E-state index in [1.807, 2.05) is 0 Å². The molecule has 2 rings (SSSR count). The molecule has 5 heteroatoms. The SMILES string of the molecule is CC(N)(Cc1ccc(Cl)c(F)c1)c1ccc(F)cn1. The molecule has 0 fully saturated rings. The van der Waals surface area contributed by atoms with Gasteiger partial charge in [-0.05, 0) is 43.2 Å². The van der Waals surface area contributed by atoms with E-state index in [2.05, 4.69) is 4.98 Å². The molecule has 0 aliphatic rings. The van der Waals surface area contributed by atoms with Gasteiger partial charge in [0.1, 0.15) is 11.6 Å². The predicted octanol–water partition coefficient (Wildman–Crippen LogP) is 3.43. The van der Waals surface area contributed by atoms with Crippen LogP contribution in [0.1, 0.15) is 18.2 Å². The lowest BCUT2D eigenvalue weighted by atomic mass is 9.90. The highest BCUT2D eigenvalue weighted by Gasteiger charge is 2.23. The first-order valence-corrected chi connectivity index (χ1v) is 6.11. The highest BCUT2D eigenvalue weighted by molar-refractivity contribution is 6.30. The average Bonchev–Trinajstić information content (AvgIpc) is 2.34. The van der Waals surface area contributed by atoms with Gasteiger partial charge < -0.3 is 5.73 Å². The molecule has 0 spiro atoms. The number of rotatable bonds is 3. The third-order valence-corrected chi connectivity index (χ3v) is 3.17. The zero-order chi connectivity index (χ0) is 14.0. The molecule has 1 heterocycles. The van der Waals surface area contributed by atoms with Crippen molar-refractivity contribution in [3.63, 3.8) is 0 Å². The van der Waals surface area contributed by atoms with Gasteiger partial charge in [0.05, 0.1) is 22.5 Å². The lowest BCUT2D eigenvalue weighted by Crippen LogP contribution is -2.36. The molecule has 0 amide bonds. The van der Waals surface area contributed by atoms with E-state index >= 15 is 0 Å². The minimum Gasteiger partial charge on any atom is -0.320 e. The predicted molar refractivity (Wildman–Crippen MR) is 70.8 cm³/mol. The molecular formula is C14H13ClF2N2. The lowest BCUT2D eigenvalue weighted by molar-refractivity contribution is 0.471. The summed E-state index contributed by atoms with van der Waals surface area (Å²) >= 11 is 5.63. The van der Waals surface area contributed by atoms with Gasteiger partial charge in [-0.25, -0.2) is 8.78 Å². The van der Waals surface area contributed by atoms with Crippen LogP contribution in [0.3, 0.4) is 0 Å². The van der Waals surface area contributed by atoms with Crippen molar-refractivity contribution in [3.8, 4) is 0 Å². The van der Waals surface area contributed by atoms with E-state index in [9.17, 15) is 8.78 Å². The molecule has 2 N–H and O–H groups in total. The Hall–Kier alpha value is -1.52. The number of hydrogen-bond acceptors (Lipinski definition) is 2. The number of nitrogens with zero attached hydrogens (tertiary/aromatic N) is 1. The van der Waals surface area contributed by atoms with Crippen LogP contribution in [0.2, 0.25) is 5.02 Å². The van der Waals surface area contributed by atoms with Crippen molar-refractivity contribution in [3.05, 3.63) is 64.4 Å². The summed E-state index contributed by atoms with van der Waals surface area (Å²) in [5.74, 6) is -0.904. The first-order chi connectivity index (χ1) is 8.88. The average molecular weight is 283 g/mol. The number of halogens is 3. The highest BCUT2D eigenvalue weighted by Crippen LogP contribution is 2.23. The normalized spacial score (nSPS) is 14.2. The van der Waals surface area contributed by atoms with Gasteiger partial charge in [-0.15, -0.1) is 0 Å². The first kappa shape index (κ1) is 13.9. The van der Waals surface area contributed by atoms with Gasteiger partial charge >= 0.3 is 0 Å². The Morgan fingerprint density at radius 3 is 2.58 bits per heavy atom. The Bertz CT molecular complexity index is 582. The van der Waals surface area contributed by atoms with Crippen molar-refractivity contribution in [2.45, 2.75) is 18.9 Å². The Balaban J connectivity index is 2.25. The maximum Gasteiger partial charge on any atom is 0.142 e. The van der Waals surface area contributed by atoms with Gasteiger partial charge in [-0.1, -0.05) is 17.7 Å². The summed E-state index contributed by atoms with van der Waals surface area (Å²) in [6.45, 7) is 1.76. The summed E-state index contributed by atoms with van der Waals surface area (Å²) < 4.78 is 26.2. The first-order valence-electron chi connectivity index (χ1n) is 5.73. The minimum absolute atomic E-state index is 0.0716. The summed E-state index contributed by atoms with van der Waals surface area (Å²) in [5, 5.41) is 0.0716. The largest absolute Gasteiger partial charge is 0.320 e. The summed E-state index contributed by atoms with van der Waals surface area (Å²) in [7, 11) is 0. The Labute approximate surface area is 115 Å². The van der Waals surface area contributed by atoms with Crippen LogP contribution >= 0.6 is 11.6 Å². The van der Waals surface area contributed by atoms with E-state index in [1.54, 1.807) is 13.0 Å². The van der Waals surface area contributed by atoms with Crippen LogP contribution < -0.4 is 5.73 Å². The van der Waals surface area contributed by atoms with E-state index in [0.29, 0.717) is 17.7 Å². The van der Waals surface area contributed by atoms with Gasteiger partial charge in [-0.2, -0.15) is 0 Å². The van der Waals surface area contributed by atoms with Crippen LogP contribution in [0.4, 0.5) is 8.78 Å². The summed E-state index contributed by atoms with van der Waals surface area (Å²) in [4.78, 5) is 3.97. The number of pyridine rings is 1. The second-order valence-corrected chi connectivity index (χ2v) is 5.11. The fraction of sp³-hybridized carbons (Fsp3) is 0.214. The second-order valence-electron chi connectivity index (χ2n) is 4.70. The van der Waals surface area contributed by atoms with Gasteiger partial charge in [-0.3, -0.25) is 4.98 Å². The molecule has 0 aliphatic heterocycles. The van der Waals surface area contributed by atoms with Gasteiger partial charge in [0.15, 0.2) is 0 Å². The van der Waals surface area contributed by atoms with Crippen molar-refractivity contribution >= 4 is 11.6 Å². The van der Waals surface area contributed by atoms with Crippen LogP contribution in [-0.2, 0) is 12.0 Å². The number of benzene rings is 1. The van der Waals surface area contributed by atoms with Crippen LogP contribution in [0.15, 0.2) is 36.5 Å². The zero-order valence-corrected chi connectivity index (χ0v) is 11.1. The Morgan fingerprint density at radius 2 is 2.00 bits per heavy atom. The smallest absolute Gasteiger partial charge is 0.142 e. The molecule has 100 valence electrons. The monoisotopic (exact) mass is 282 g/mol. The molecule has 0 radical (unpaired) electrons. The Morgan fingerprint density at radius 1 is 1.26 bits per heavy atom. The number of hydrogen-bond donors (Lipinski definition) is 1. The van der Waals surface area contributed by atoms with E-state index in [0.717, 1.165) is 6.20 Å². The zero-order valence-electron chi connectivity index (χ0n) is 10.3. The van der Waals surface area contributed by atoms with Crippen molar-refractivity contribution < 1.29 is 8.78 Å². The molecule has 2 aromatic rings. The van der Waals surface area contributed by atoms with E-state index in [-0.39, 0.29) is 5.02 Å². The highest BCUT2D eigenvalue weighted by atomic mass is 35.5. The molecule has 19 heavy (non-hydrogen) atoms. The maximum atomic E-state index is 13.4. The van der Waals surface area contributed by atoms with Crippen LogP contribution in [0, 0.1) is 11.6 Å². The fourth-order valence-electron chi connectivity index (χ4n) is 1.88. The molecule has 1 atom stereocenters. The quantitative estimate of drug-likeness (QED) is 0.937. The summed E-state index contributed by atoms with van der Waals surface area (Å²) in [6, 6.07) is 7.37. The van der Waals surface area contributed by atoms with Crippen molar-refractivity contribution in [1.29, 1.82) is 0 Å². The molecule has 0 saturated heterocycles. The van der Waals surface area contributed by atoms with Crippen LogP contribution in [-0.4, -0.2) is 4.98 Å². The number of nitrogens with two attached hydrogens (primary N) is 1. The molecule has 1 aromatic carbocycles. The summed E-state index contributed by atoms with van der Waals surface area (Å²) in [5.41, 5.74) is 6.61. The van der Waals surface area contributed by atoms with E-state index < -0.39 is 17.2 Å². The summed E-state index contributed by atoms with van der Waals surface area (Å²) in [6.07, 6.45) is 1.49. The molecule has 0 saturated carbocycles. The van der Waals surface area contributed by atoms with Gasteiger partial charge in [0.25, 0.3) is 0 Å². The van der Waals surface area contributed by atoms with Gasteiger partial charge in [0, 0.05) is 0 Å². The number of aromatic nitrogens is 1. The molecule has 1 aromatic heterocycles. The molecule has 1 unspecified atom stereocenters. The van der Waals surface area contributed by atoms with Crippen molar-refractivity contribution in [2.24, 2.45) is 5.73 Å². The lowest BCUT2D eigenvalue weighted by Gasteiger charge is -2.24. The van der Waals surface area contributed by atoms with Crippen LogP contribution in [0.25, 0.3) is 0 Å². The third-order valence-electron chi connectivity index (χ3n) is 2.87. The minimum atomic E-state index is -0.812. The van der Waals surface area contributed by atoms with Crippen LogP contribution in [0.5, 0.6) is 0 Å². The van der Waals surface area contributed by atoms with Crippen molar-refractivity contribution in [2.75, 3.05) is 0 Å². The Kier molecular flexibility index (Phi) is 3.83. The van der Waals surface area contributed by atoms with E-state index in [4.69, 9.17) is 17.3 Å². The third kappa shape index (κ3) is 3.28. The molecule has 2 nitrogen and oxygen atoms in total. The van der Waals surface area contributed by atoms with Gasteiger partial charge in [0.2, 0.25) is 0 Å². The van der Waals surface area contributed by atoms with E-state index in [1.165, 1.54) is 24.3 Å². The standard InChI is InChI=1S/C14H13ClF2N2/c1-14(18,13-5-3-10(16)8-19-13)7-9-2-4-11(15)12(17)6-9/h2-6,8H,7,18H2,1H3.